The quantitative estimate of drug-likeness (QED) is 0.557. The van der Waals surface area contributed by atoms with Gasteiger partial charge in [0, 0.05) is 5.56 Å². The molecule has 0 amide bonds. The molecule has 7 rings (SSSR count). The van der Waals surface area contributed by atoms with Gasteiger partial charge in [0.2, 0.25) is 17.1 Å². The van der Waals surface area contributed by atoms with E-state index in [1.165, 1.54) is 18.6 Å². The average molecular weight is 448 g/mol. The van der Waals surface area contributed by atoms with Crippen LogP contribution in [0.4, 0.5) is 8.78 Å². The second-order valence-corrected chi connectivity index (χ2v) is 9.58. The highest BCUT2D eigenvalue weighted by molar-refractivity contribution is 6.28. The fourth-order valence-electron chi connectivity index (χ4n) is 6.54. The Morgan fingerprint density at radius 3 is 2.48 bits per heavy atom. The first kappa shape index (κ1) is 19.2. The number of nitrogens with zero attached hydrogens (tertiary/aromatic N) is 5. The maximum Gasteiger partial charge on any atom is 0.387 e. The van der Waals surface area contributed by atoms with Crippen LogP contribution in [0, 0.1) is 11.8 Å². The predicted octanol–water partition coefficient (Wildman–Crippen LogP) is 4.83. The highest BCUT2D eigenvalue weighted by Crippen LogP contribution is 2.64. The first-order valence-electron chi connectivity index (χ1n) is 10.4. The summed E-state index contributed by atoms with van der Waals surface area (Å²) in [5.41, 5.74) is 0.363. The Hall–Kier alpha value is -2.55. The maximum absolute atomic E-state index is 12.4. The molecule has 4 fully saturated rings. The number of rotatable bonds is 5. The number of benzene rings is 1. The fourth-order valence-corrected chi connectivity index (χ4v) is 6.66. The van der Waals surface area contributed by atoms with E-state index in [0.717, 1.165) is 32.1 Å². The molecular weight excluding hydrogens is 428 g/mol. The monoisotopic (exact) mass is 447 g/mol. The number of alkyl halides is 2. The molecule has 7 nitrogen and oxygen atoms in total. The molecule has 4 aliphatic rings. The Bertz CT molecular complexity index is 1100. The van der Waals surface area contributed by atoms with E-state index in [1.54, 1.807) is 18.5 Å². The molecule has 4 saturated carbocycles. The van der Waals surface area contributed by atoms with Crippen molar-refractivity contribution in [2.45, 2.75) is 56.1 Å². The summed E-state index contributed by atoms with van der Waals surface area (Å²) in [7, 11) is 0. The van der Waals surface area contributed by atoms with Crippen molar-refractivity contribution in [2.75, 3.05) is 0 Å². The molecule has 0 aliphatic heterocycles. The third-order valence-electron chi connectivity index (χ3n) is 7.19. The molecule has 31 heavy (non-hydrogen) atoms. The Balaban J connectivity index is 1.32. The number of hydrogen-bond acceptors (Lipinski definition) is 6. The van der Waals surface area contributed by atoms with Crippen LogP contribution in [0.25, 0.3) is 11.5 Å². The highest BCUT2D eigenvalue weighted by atomic mass is 35.5. The van der Waals surface area contributed by atoms with Gasteiger partial charge in [-0.2, -0.15) is 8.78 Å². The standard InChI is InChI=1S/C21H20ClF2N5O2/c22-18-25-11-29(28-18)21-8-12-5-13(9-21)7-20(6-12,10-21)17-27-26-16(31-17)14-1-3-15(4-2-14)30-19(23)24/h1-4,11-13,19H,5-10H2/t12-,13-,20?,21?/m0/s1. The van der Waals surface area contributed by atoms with Gasteiger partial charge in [0.05, 0.1) is 11.0 Å². The molecule has 0 unspecified atom stereocenters. The van der Waals surface area contributed by atoms with Crippen molar-refractivity contribution in [1.29, 1.82) is 0 Å². The fraction of sp³-hybridized carbons (Fsp3) is 0.524. The predicted molar refractivity (Wildman–Crippen MR) is 106 cm³/mol. The van der Waals surface area contributed by atoms with Crippen molar-refractivity contribution in [3.05, 3.63) is 41.8 Å². The van der Waals surface area contributed by atoms with Crippen molar-refractivity contribution in [3.8, 4) is 17.2 Å². The first-order valence-corrected chi connectivity index (χ1v) is 10.8. The summed E-state index contributed by atoms with van der Waals surface area (Å²) >= 11 is 6.03. The number of ether oxygens (including phenoxy) is 1. The van der Waals surface area contributed by atoms with Crippen LogP contribution in [-0.2, 0) is 11.0 Å². The molecule has 0 radical (unpaired) electrons. The zero-order valence-electron chi connectivity index (χ0n) is 16.5. The number of aromatic nitrogens is 5. The molecule has 162 valence electrons. The molecule has 2 atom stereocenters. The zero-order chi connectivity index (χ0) is 21.2. The molecule has 0 saturated heterocycles. The highest BCUT2D eigenvalue weighted by Gasteiger charge is 2.61. The molecule has 4 bridgehead atoms. The lowest BCUT2D eigenvalue weighted by Crippen LogP contribution is -2.58. The molecule has 2 heterocycles. The molecule has 2 aromatic heterocycles. The minimum atomic E-state index is -2.86. The van der Waals surface area contributed by atoms with E-state index in [2.05, 4.69) is 25.0 Å². The van der Waals surface area contributed by atoms with Crippen molar-refractivity contribution in [2.24, 2.45) is 11.8 Å². The minimum Gasteiger partial charge on any atom is -0.435 e. The third kappa shape index (κ3) is 3.12. The van der Waals surface area contributed by atoms with Crippen molar-refractivity contribution in [1.82, 2.24) is 25.0 Å². The van der Waals surface area contributed by atoms with E-state index in [1.807, 2.05) is 4.68 Å². The summed E-state index contributed by atoms with van der Waals surface area (Å²) in [6.07, 6.45) is 8.02. The van der Waals surface area contributed by atoms with Crippen LogP contribution in [0.3, 0.4) is 0 Å². The van der Waals surface area contributed by atoms with Gasteiger partial charge in [0.15, 0.2) is 0 Å². The van der Waals surface area contributed by atoms with Crippen LogP contribution in [0.1, 0.15) is 44.4 Å². The van der Waals surface area contributed by atoms with E-state index < -0.39 is 6.61 Å². The maximum atomic E-state index is 12.4. The Morgan fingerprint density at radius 2 is 1.84 bits per heavy atom. The first-order chi connectivity index (χ1) is 14.9. The van der Waals surface area contributed by atoms with Crippen molar-refractivity contribution < 1.29 is 17.9 Å². The van der Waals surface area contributed by atoms with Crippen LogP contribution in [-0.4, -0.2) is 31.6 Å². The van der Waals surface area contributed by atoms with Gasteiger partial charge in [-0.3, -0.25) is 0 Å². The van der Waals surface area contributed by atoms with E-state index >= 15 is 0 Å². The van der Waals surface area contributed by atoms with Gasteiger partial charge in [-0.15, -0.1) is 15.3 Å². The van der Waals surface area contributed by atoms with Gasteiger partial charge in [-0.25, -0.2) is 9.67 Å². The number of halogens is 3. The van der Waals surface area contributed by atoms with E-state index in [0.29, 0.717) is 29.2 Å². The van der Waals surface area contributed by atoms with Crippen LogP contribution in [0.5, 0.6) is 5.75 Å². The summed E-state index contributed by atoms with van der Waals surface area (Å²) in [5.74, 6) is 2.27. The lowest BCUT2D eigenvalue weighted by Gasteiger charge is -2.60. The second kappa shape index (κ2) is 6.72. The Labute approximate surface area is 181 Å². The van der Waals surface area contributed by atoms with Crippen LogP contribution >= 0.6 is 11.6 Å². The minimum absolute atomic E-state index is 0.0907. The largest absolute Gasteiger partial charge is 0.435 e. The molecule has 4 aliphatic carbocycles. The lowest BCUT2D eigenvalue weighted by molar-refractivity contribution is -0.0772. The lowest BCUT2D eigenvalue weighted by atomic mass is 9.47. The van der Waals surface area contributed by atoms with Gasteiger partial charge in [0.1, 0.15) is 12.1 Å². The van der Waals surface area contributed by atoms with Gasteiger partial charge in [-0.05, 0) is 86.2 Å². The van der Waals surface area contributed by atoms with E-state index in [4.69, 9.17) is 16.0 Å². The molecule has 0 N–H and O–H groups in total. The van der Waals surface area contributed by atoms with Gasteiger partial charge >= 0.3 is 6.61 Å². The average Bonchev–Trinajstić information content (AvgIpc) is 3.37. The van der Waals surface area contributed by atoms with Gasteiger partial charge in [-0.1, -0.05) is 0 Å². The van der Waals surface area contributed by atoms with Crippen LogP contribution < -0.4 is 4.74 Å². The van der Waals surface area contributed by atoms with Gasteiger partial charge in [0.25, 0.3) is 0 Å². The summed E-state index contributed by atoms with van der Waals surface area (Å²) in [4.78, 5) is 4.15. The smallest absolute Gasteiger partial charge is 0.387 e. The molecule has 1 aromatic carbocycles. The molecule has 0 spiro atoms. The van der Waals surface area contributed by atoms with E-state index in [9.17, 15) is 8.78 Å². The Kier molecular flexibility index (Phi) is 4.15. The second-order valence-electron chi connectivity index (χ2n) is 9.24. The van der Waals surface area contributed by atoms with Crippen LogP contribution in [0.15, 0.2) is 35.0 Å². The molecule has 3 aromatic rings. The normalized spacial score (nSPS) is 31.5. The molecule has 10 heteroatoms. The SMILES string of the molecule is FC(F)Oc1ccc(-c2nnc(C34C[C@@H]5C[C@@H](C3)CC(n3cnc(Cl)n3)(C5)C4)o2)cc1. The zero-order valence-corrected chi connectivity index (χ0v) is 17.3. The summed E-state index contributed by atoms with van der Waals surface area (Å²) in [5, 5.41) is 13.4. The van der Waals surface area contributed by atoms with E-state index in [-0.39, 0.29) is 22.0 Å². The number of hydrogen-bond donors (Lipinski definition) is 0. The molecular formula is C21H20ClF2N5O2. The summed E-state index contributed by atoms with van der Waals surface area (Å²) < 4.78 is 37.3. The summed E-state index contributed by atoms with van der Waals surface area (Å²) in [6.45, 7) is -2.86. The van der Waals surface area contributed by atoms with Crippen molar-refractivity contribution >= 4 is 11.6 Å². The Morgan fingerprint density at radius 1 is 1.10 bits per heavy atom. The van der Waals surface area contributed by atoms with Crippen molar-refractivity contribution in [3.63, 3.8) is 0 Å². The summed E-state index contributed by atoms with van der Waals surface area (Å²) in [6, 6.07) is 6.24. The van der Waals surface area contributed by atoms with Gasteiger partial charge < -0.3 is 9.15 Å². The third-order valence-corrected chi connectivity index (χ3v) is 7.36. The van der Waals surface area contributed by atoms with Crippen LogP contribution in [0.2, 0.25) is 5.28 Å². The topological polar surface area (TPSA) is 78.9 Å².